The largest absolute Gasteiger partial charge is 0.381 e. The van der Waals surface area contributed by atoms with Crippen LogP contribution in [-0.4, -0.2) is 64.3 Å². The van der Waals surface area contributed by atoms with Crippen LogP contribution in [0.1, 0.15) is 37.8 Å². The number of ether oxygens (including phenoxy) is 1. The molecule has 3 fully saturated rings. The maximum absolute atomic E-state index is 5.51. The van der Waals surface area contributed by atoms with Gasteiger partial charge < -0.3 is 15.0 Å². The molecule has 1 atom stereocenters. The molecule has 30 heavy (non-hydrogen) atoms. The van der Waals surface area contributed by atoms with Gasteiger partial charge in [0.2, 0.25) is 0 Å². The maximum atomic E-state index is 5.51. The normalized spacial score (nSPS) is 24.3. The molecule has 5 rings (SSSR count). The van der Waals surface area contributed by atoms with E-state index in [1.165, 1.54) is 51.7 Å². The summed E-state index contributed by atoms with van der Waals surface area (Å²) < 4.78 is 7.33. The Balaban J connectivity index is 1.08. The number of aromatic nitrogens is 4. The topological polar surface area (TPSA) is 68.1 Å². The van der Waals surface area contributed by atoms with Crippen LogP contribution in [0.3, 0.4) is 0 Å². The third-order valence-corrected chi connectivity index (χ3v) is 7.55. The fraction of sp³-hybridized carbons (Fsp3) is 0.696. The second-order valence-electron chi connectivity index (χ2n) is 9.61. The van der Waals surface area contributed by atoms with E-state index in [0.717, 1.165) is 54.4 Å². The molecule has 4 heterocycles. The lowest BCUT2D eigenvalue weighted by molar-refractivity contribution is 0.0449. The first-order chi connectivity index (χ1) is 14.6. The molecule has 3 aliphatic rings. The molecule has 1 unspecified atom stereocenters. The van der Waals surface area contributed by atoms with Crippen molar-refractivity contribution in [2.24, 2.45) is 24.3 Å². The highest BCUT2D eigenvalue weighted by molar-refractivity contribution is 5.61. The molecule has 1 N–H and O–H groups in total. The fourth-order valence-corrected chi connectivity index (χ4v) is 5.46. The lowest BCUT2D eigenvalue weighted by Gasteiger charge is -2.36. The highest BCUT2D eigenvalue weighted by atomic mass is 16.5. The molecule has 0 aromatic carbocycles. The Hall–Kier alpha value is -1.99. The van der Waals surface area contributed by atoms with Crippen LogP contribution >= 0.6 is 0 Å². The third-order valence-electron chi connectivity index (χ3n) is 7.55. The maximum Gasteiger partial charge on any atom is 0.148 e. The number of piperidine rings is 1. The van der Waals surface area contributed by atoms with Crippen molar-refractivity contribution in [2.45, 2.75) is 39.0 Å². The minimum Gasteiger partial charge on any atom is -0.381 e. The van der Waals surface area contributed by atoms with Crippen LogP contribution in [0, 0.1) is 24.2 Å². The number of anilines is 1. The molecule has 1 spiro atoms. The molecule has 1 aliphatic carbocycles. The molecule has 7 nitrogen and oxygen atoms in total. The summed E-state index contributed by atoms with van der Waals surface area (Å²) in [5.74, 6) is 2.51. The van der Waals surface area contributed by atoms with E-state index in [4.69, 9.17) is 4.74 Å². The quantitative estimate of drug-likeness (QED) is 0.789. The Kier molecular flexibility index (Phi) is 5.50. The molecule has 7 heteroatoms. The molecular weight excluding hydrogens is 376 g/mol. The van der Waals surface area contributed by atoms with Crippen LogP contribution in [0.4, 0.5) is 5.82 Å². The number of rotatable bonds is 6. The lowest BCUT2D eigenvalue weighted by Crippen LogP contribution is -2.39. The molecule has 2 aliphatic heterocycles. The molecule has 2 aromatic heterocycles. The van der Waals surface area contributed by atoms with E-state index in [-0.39, 0.29) is 0 Å². The molecule has 0 amide bonds. The van der Waals surface area contributed by atoms with Crippen molar-refractivity contribution in [3.05, 3.63) is 24.0 Å². The van der Waals surface area contributed by atoms with Crippen LogP contribution in [0.15, 0.2) is 18.3 Å². The van der Waals surface area contributed by atoms with Gasteiger partial charge in [0.1, 0.15) is 5.82 Å². The van der Waals surface area contributed by atoms with E-state index in [0.29, 0.717) is 5.41 Å². The summed E-state index contributed by atoms with van der Waals surface area (Å²) in [7, 11) is 1.93. The Morgan fingerprint density at radius 1 is 1.17 bits per heavy atom. The highest BCUT2D eigenvalue weighted by Gasteiger charge is 2.54. The summed E-state index contributed by atoms with van der Waals surface area (Å²) in [5.41, 5.74) is 3.49. The van der Waals surface area contributed by atoms with Crippen LogP contribution in [-0.2, 0) is 11.8 Å². The first-order valence-electron chi connectivity index (χ1n) is 11.5. The molecule has 162 valence electrons. The average Bonchev–Trinajstić information content (AvgIpc) is 3.33. The van der Waals surface area contributed by atoms with Crippen molar-refractivity contribution in [1.29, 1.82) is 0 Å². The van der Waals surface area contributed by atoms with Crippen LogP contribution < -0.4 is 5.32 Å². The van der Waals surface area contributed by atoms with Gasteiger partial charge in [-0.25, -0.2) is 0 Å². The van der Waals surface area contributed by atoms with Crippen molar-refractivity contribution in [1.82, 2.24) is 24.9 Å². The number of aryl methyl sites for hydroxylation is 2. The van der Waals surface area contributed by atoms with Gasteiger partial charge in [0.05, 0.1) is 11.4 Å². The highest BCUT2D eigenvalue weighted by Crippen LogP contribution is 2.59. The Bertz CT molecular complexity index is 849. The first kappa shape index (κ1) is 19.9. The summed E-state index contributed by atoms with van der Waals surface area (Å²) in [5, 5.41) is 16.7. The van der Waals surface area contributed by atoms with Gasteiger partial charge in [0.15, 0.2) is 0 Å². The zero-order valence-electron chi connectivity index (χ0n) is 18.3. The van der Waals surface area contributed by atoms with Gasteiger partial charge in [-0.15, -0.1) is 10.2 Å². The zero-order chi connectivity index (χ0) is 20.6. The molecular formula is C23H34N6O. The van der Waals surface area contributed by atoms with Crippen molar-refractivity contribution in [2.75, 3.05) is 44.7 Å². The molecule has 1 saturated carbocycles. The van der Waals surface area contributed by atoms with Crippen molar-refractivity contribution < 1.29 is 4.74 Å². The second-order valence-corrected chi connectivity index (χ2v) is 9.61. The van der Waals surface area contributed by atoms with Gasteiger partial charge >= 0.3 is 0 Å². The van der Waals surface area contributed by atoms with E-state index >= 15 is 0 Å². The number of nitrogens with one attached hydrogen (secondary N) is 1. The molecule has 0 radical (unpaired) electrons. The Labute approximate surface area is 179 Å². The minimum absolute atomic E-state index is 0.583. The number of hydrogen-bond donors (Lipinski definition) is 1. The zero-order valence-corrected chi connectivity index (χ0v) is 18.3. The van der Waals surface area contributed by atoms with Crippen molar-refractivity contribution >= 4 is 5.82 Å². The van der Waals surface area contributed by atoms with E-state index in [1.54, 1.807) is 0 Å². The fourth-order valence-electron chi connectivity index (χ4n) is 5.46. The molecule has 0 bridgehead atoms. The average molecular weight is 411 g/mol. The van der Waals surface area contributed by atoms with Crippen molar-refractivity contribution in [3.63, 3.8) is 0 Å². The van der Waals surface area contributed by atoms with Gasteiger partial charge in [-0.2, -0.15) is 5.10 Å². The summed E-state index contributed by atoms with van der Waals surface area (Å²) >= 11 is 0. The van der Waals surface area contributed by atoms with E-state index in [9.17, 15) is 0 Å². The predicted octanol–water partition coefficient (Wildman–Crippen LogP) is 3.13. The number of likely N-dealkylation sites (tertiary alicyclic amines) is 1. The predicted molar refractivity (Wildman–Crippen MR) is 117 cm³/mol. The SMILES string of the molecule is Cc1nn(C)cc1-c1ccc(NCC2CC23CCN(CC2CCOCC2)CC3)nn1. The van der Waals surface area contributed by atoms with Crippen LogP contribution in [0.25, 0.3) is 11.3 Å². The standard InChI is InChI=1S/C23H34N6O/c1-17-20(16-28(2)27-17)21-3-4-22(26-25-21)24-14-19-13-23(19)7-9-29(10-8-23)15-18-5-11-30-12-6-18/h3-4,16,18-19H,5-15H2,1-2H3,(H,24,26). The summed E-state index contributed by atoms with van der Waals surface area (Å²) in [6, 6.07) is 4.08. The van der Waals surface area contributed by atoms with E-state index in [2.05, 4.69) is 25.5 Å². The minimum atomic E-state index is 0.583. The smallest absolute Gasteiger partial charge is 0.148 e. The van der Waals surface area contributed by atoms with E-state index < -0.39 is 0 Å². The lowest BCUT2D eigenvalue weighted by atomic mass is 9.89. The first-order valence-corrected chi connectivity index (χ1v) is 11.5. The van der Waals surface area contributed by atoms with Gasteiger partial charge in [-0.05, 0) is 81.5 Å². The Morgan fingerprint density at radius 2 is 1.97 bits per heavy atom. The van der Waals surface area contributed by atoms with Crippen LogP contribution in [0.5, 0.6) is 0 Å². The van der Waals surface area contributed by atoms with Gasteiger partial charge in [0.25, 0.3) is 0 Å². The van der Waals surface area contributed by atoms with Gasteiger partial charge in [-0.3, -0.25) is 4.68 Å². The Morgan fingerprint density at radius 3 is 2.63 bits per heavy atom. The van der Waals surface area contributed by atoms with Crippen molar-refractivity contribution in [3.8, 4) is 11.3 Å². The summed E-state index contributed by atoms with van der Waals surface area (Å²) in [6.07, 6.45) is 8.56. The molecule has 2 aromatic rings. The third kappa shape index (κ3) is 4.23. The summed E-state index contributed by atoms with van der Waals surface area (Å²) in [6.45, 7) is 8.76. The van der Waals surface area contributed by atoms with Crippen LogP contribution in [0.2, 0.25) is 0 Å². The summed E-state index contributed by atoms with van der Waals surface area (Å²) in [4.78, 5) is 2.70. The van der Waals surface area contributed by atoms with Gasteiger partial charge in [-0.1, -0.05) is 0 Å². The number of nitrogens with zero attached hydrogens (tertiary/aromatic N) is 5. The van der Waals surface area contributed by atoms with E-state index in [1.807, 2.05) is 37.0 Å². The van der Waals surface area contributed by atoms with Gasteiger partial charge in [0, 0.05) is 45.1 Å². The second kappa shape index (κ2) is 8.27. The number of hydrogen-bond acceptors (Lipinski definition) is 6. The molecule has 2 saturated heterocycles. The monoisotopic (exact) mass is 410 g/mol.